The Kier molecular flexibility index (Phi) is 5.12. The first-order chi connectivity index (χ1) is 12.1. The zero-order chi connectivity index (χ0) is 17.8. The molecule has 2 aromatic rings. The highest BCUT2D eigenvalue weighted by Crippen LogP contribution is 2.38. The van der Waals surface area contributed by atoms with Crippen LogP contribution in [0, 0.1) is 0 Å². The molecule has 0 aliphatic carbocycles. The summed E-state index contributed by atoms with van der Waals surface area (Å²) in [7, 11) is 4.77. The lowest BCUT2D eigenvalue weighted by atomic mass is 9.96. The molecule has 5 heteroatoms. The third-order valence-corrected chi connectivity index (χ3v) is 4.41. The van der Waals surface area contributed by atoms with Crippen LogP contribution in [0.15, 0.2) is 36.4 Å². The van der Waals surface area contributed by atoms with Gasteiger partial charge in [0.25, 0.3) is 0 Å². The summed E-state index contributed by atoms with van der Waals surface area (Å²) in [5.41, 5.74) is 1.74. The quantitative estimate of drug-likeness (QED) is 0.801. The van der Waals surface area contributed by atoms with Crippen molar-refractivity contribution in [3.8, 4) is 23.0 Å². The third kappa shape index (κ3) is 3.71. The van der Waals surface area contributed by atoms with Crippen LogP contribution in [0.5, 0.6) is 23.0 Å². The summed E-state index contributed by atoms with van der Waals surface area (Å²) < 4.78 is 21.8. The number of carbonyl (C=O) groups excluding carboxylic acids is 1. The first-order valence-corrected chi connectivity index (χ1v) is 8.23. The van der Waals surface area contributed by atoms with Crippen LogP contribution in [0.1, 0.15) is 28.8 Å². The van der Waals surface area contributed by atoms with E-state index in [4.69, 9.17) is 18.9 Å². The number of hydrogen-bond donors (Lipinski definition) is 0. The molecule has 0 amide bonds. The van der Waals surface area contributed by atoms with E-state index in [2.05, 4.69) is 0 Å². The summed E-state index contributed by atoms with van der Waals surface area (Å²) >= 11 is 0. The largest absolute Gasteiger partial charge is 0.497 e. The summed E-state index contributed by atoms with van der Waals surface area (Å²) in [5.74, 6) is 2.57. The maximum atomic E-state index is 12.5. The van der Waals surface area contributed by atoms with E-state index in [1.54, 1.807) is 33.5 Å². The van der Waals surface area contributed by atoms with Crippen molar-refractivity contribution >= 4 is 5.78 Å². The smallest absolute Gasteiger partial charge is 0.170 e. The summed E-state index contributed by atoms with van der Waals surface area (Å²) in [5, 5.41) is 0. The van der Waals surface area contributed by atoms with Gasteiger partial charge in [-0.05, 0) is 36.6 Å². The van der Waals surface area contributed by atoms with Crippen LogP contribution in [0.2, 0.25) is 0 Å². The highest BCUT2D eigenvalue weighted by atomic mass is 16.5. The minimum atomic E-state index is -0.139. The molecular formula is C20H22O5. The normalized spacial score (nSPS) is 16.0. The fourth-order valence-electron chi connectivity index (χ4n) is 2.99. The number of rotatable bonds is 6. The lowest BCUT2D eigenvalue weighted by Crippen LogP contribution is -2.27. The Morgan fingerprint density at radius 2 is 1.68 bits per heavy atom. The first-order valence-electron chi connectivity index (χ1n) is 8.23. The van der Waals surface area contributed by atoms with Crippen LogP contribution in [0.3, 0.4) is 0 Å². The van der Waals surface area contributed by atoms with Gasteiger partial charge in [-0.15, -0.1) is 0 Å². The molecule has 132 valence electrons. The molecule has 2 aromatic carbocycles. The molecular weight excluding hydrogens is 320 g/mol. The average molecular weight is 342 g/mol. The Labute approximate surface area is 147 Å². The van der Waals surface area contributed by atoms with Gasteiger partial charge in [0.1, 0.15) is 17.6 Å². The van der Waals surface area contributed by atoms with E-state index in [1.807, 2.05) is 24.3 Å². The van der Waals surface area contributed by atoms with Gasteiger partial charge < -0.3 is 18.9 Å². The Morgan fingerprint density at radius 1 is 1.00 bits per heavy atom. The molecule has 0 radical (unpaired) electrons. The van der Waals surface area contributed by atoms with Gasteiger partial charge in [0.05, 0.1) is 26.9 Å². The van der Waals surface area contributed by atoms with Crippen molar-refractivity contribution in [3.63, 3.8) is 0 Å². The molecule has 5 nitrogen and oxygen atoms in total. The van der Waals surface area contributed by atoms with Crippen molar-refractivity contribution in [3.05, 3.63) is 47.5 Å². The van der Waals surface area contributed by atoms with E-state index < -0.39 is 0 Å². The molecule has 3 rings (SSSR count). The number of carbonyl (C=O) groups is 1. The van der Waals surface area contributed by atoms with Crippen LogP contribution in [0.25, 0.3) is 0 Å². The summed E-state index contributed by atoms with van der Waals surface area (Å²) in [6.45, 7) is 0. The number of ketones is 1. The SMILES string of the molecule is COc1ccc(CC[C@H]2CC(=O)c3cc(OC)c(OC)cc3O2)cc1. The highest BCUT2D eigenvalue weighted by molar-refractivity contribution is 6.00. The molecule has 1 atom stereocenters. The van der Waals surface area contributed by atoms with E-state index in [1.165, 1.54) is 5.56 Å². The van der Waals surface area contributed by atoms with E-state index in [0.717, 1.165) is 18.6 Å². The standard InChI is InChI=1S/C20H22O5/c1-22-14-7-4-13(5-8-14)6-9-15-10-17(21)16-11-19(23-2)20(24-3)12-18(16)25-15/h4-5,7-8,11-12,15H,6,9-10H2,1-3H3/t15-/m0/s1. The van der Waals surface area contributed by atoms with Crippen LogP contribution >= 0.6 is 0 Å². The number of benzene rings is 2. The Bertz CT molecular complexity index is 751. The lowest BCUT2D eigenvalue weighted by Gasteiger charge is -2.26. The van der Waals surface area contributed by atoms with Gasteiger partial charge in [0.2, 0.25) is 0 Å². The molecule has 25 heavy (non-hydrogen) atoms. The molecule has 0 spiro atoms. The average Bonchev–Trinajstić information content (AvgIpc) is 2.65. The molecule has 0 bridgehead atoms. The van der Waals surface area contributed by atoms with E-state index in [0.29, 0.717) is 29.2 Å². The lowest BCUT2D eigenvalue weighted by molar-refractivity contribution is 0.0838. The fourth-order valence-corrected chi connectivity index (χ4v) is 2.99. The van der Waals surface area contributed by atoms with E-state index in [9.17, 15) is 4.79 Å². The van der Waals surface area contributed by atoms with Crippen molar-refractivity contribution in [1.29, 1.82) is 0 Å². The van der Waals surface area contributed by atoms with Crippen LogP contribution in [0.4, 0.5) is 0 Å². The monoisotopic (exact) mass is 342 g/mol. The Morgan fingerprint density at radius 3 is 2.32 bits per heavy atom. The highest BCUT2D eigenvalue weighted by Gasteiger charge is 2.28. The van der Waals surface area contributed by atoms with E-state index >= 15 is 0 Å². The van der Waals surface area contributed by atoms with Gasteiger partial charge >= 0.3 is 0 Å². The van der Waals surface area contributed by atoms with Crippen molar-refractivity contribution in [2.75, 3.05) is 21.3 Å². The zero-order valence-electron chi connectivity index (χ0n) is 14.7. The van der Waals surface area contributed by atoms with Gasteiger partial charge in [-0.2, -0.15) is 0 Å². The maximum Gasteiger partial charge on any atom is 0.170 e. The minimum absolute atomic E-state index is 0.0712. The number of fused-ring (bicyclic) bond motifs is 1. The topological polar surface area (TPSA) is 54.0 Å². The molecule has 0 fully saturated rings. The fraction of sp³-hybridized carbons (Fsp3) is 0.350. The molecule has 0 N–H and O–H groups in total. The number of hydrogen-bond acceptors (Lipinski definition) is 5. The van der Waals surface area contributed by atoms with Crippen LogP contribution in [-0.2, 0) is 6.42 Å². The second-order valence-electron chi connectivity index (χ2n) is 5.96. The Balaban J connectivity index is 1.71. The van der Waals surface area contributed by atoms with Gasteiger partial charge in [0, 0.05) is 12.5 Å². The molecule has 1 aliphatic rings. The van der Waals surface area contributed by atoms with Crippen molar-refractivity contribution in [1.82, 2.24) is 0 Å². The third-order valence-electron chi connectivity index (χ3n) is 4.41. The van der Waals surface area contributed by atoms with Gasteiger partial charge in [0.15, 0.2) is 17.3 Å². The van der Waals surface area contributed by atoms with Crippen molar-refractivity contribution < 1.29 is 23.7 Å². The van der Waals surface area contributed by atoms with Gasteiger partial charge in [-0.1, -0.05) is 12.1 Å². The summed E-state index contributed by atoms with van der Waals surface area (Å²) in [4.78, 5) is 12.5. The van der Waals surface area contributed by atoms with Crippen LogP contribution in [-0.4, -0.2) is 33.2 Å². The Hall–Kier alpha value is -2.69. The van der Waals surface area contributed by atoms with Gasteiger partial charge in [-0.3, -0.25) is 4.79 Å². The first kappa shape index (κ1) is 17.1. The molecule has 0 aromatic heterocycles. The predicted octanol–water partition coefficient (Wildman–Crippen LogP) is 3.68. The van der Waals surface area contributed by atoms with E-state index in [-0.39, 0.29) is 11.9 Å². The number of methoxy groups -OCH3 is 3. The summed E-state index contributed by atoms with van der Waals surface area (Å²) in [6.07, 6.45) is 1.84. The van der Waals surface area contributed by atoms with Crippen molar-refractivity contribution in [2.45, 2.75) is 25.4 Å². The molecule has 1 heterocycles. The molecule has 1 aliphatic heterocycles. The van der Waals surface area contributed by atoms with Crippen molar-refractivity contribution in [2.24, 2.45) is 0 Å². The number of ether oxygens (including phenoxy) is 4. The van der Waals surface area contributed by atoms with Gasteiger partial charge in [-0.25, -0.2) is 0 Å². The second-order valence-corrected chi connectivity index (χ2v) is 5.96. The number of aryl methyl sites for hydroxylation is 1. The number of Topliss-reactive ketones (excluding diaryl/α,β-unsaturated/α-hetero) is 1. The maximum absolute atomic E-state index is 12.5. The van der Waals surface area contributed by atoms with Crippen LogP contribution < -0.4 is 18.9 Å². The zero-order valence-corrected chi connectivity index (χ0v) is 14.7. The minimum Gasteiger partial charge on any atom is -0.497 e. The molecule has 0 unspecified atom stereocenters. The second kappa shape index (κ2) is 7.47. The predicted molar refractivity (Wildman–Crippen MR) is 94.2 cm³/mol. The molecule has 0 saturated heterocycles. The molecule has 0 saturated carbocycles. The summed E-state index contributed by atoms with van der Waals surface area (Å²) in [6, 6.07) is 11.4.